The SMILES string of the molecule is COC(=O)CC(NC(=O)C(=O)Nc1ccccc1C)c1ccccc1. The smallest absolute Gasteiger partial charge is 0.313 e. The van der Waals surface area contributed by atoms with Gasteiger partial charge in [-0.2, -0.15) is 0 Å². The quantitative estimate of drug-likeness (QED) is 0.646. The summed E-state index contributed by atoms with van der Waals surface area (Å²) in [4.78, 5) is 36.0. The summed E-state index contributed by atoms with van der Waals surface area (Å²) < 4.78 is 4.66. The van der Waals surface area contributed by atoms with Gasteiger partial charge in [0.2, 0.25) is 0 Å². The van der Waals surface area contributed by atoms with Gasteiger partial charge in [0, 0.05) is 5.69 Å². The van der Waals surface area contributed by atoms with Crippen LogP contribution >= 0.6 is 0 Å². The lowest BCUT2D eigenvalue weighted by Crippen LogP contribution is -2.38. The predicted molar refractivity (Wildman–Crippen MR) is 93.8 cm³/mol. The molecule has 0 aromatic heterocycles. The Morgan fingerprint density at radius 3 is 2.24 bits per heavy atom. The number of ether oxygens (including phenoxy) is 1. The molecule has 2 rings (SSSR count). The second kappa shape index (κ2) is 8.63. The third-order valence-corrected chi connectivity index (χ3v) is 3.71. The monoisotopic (exact) mass is 340 g/mol. The number of hydrogen-bond acceptors (Lipinski definition) is 4. The first-order valence-electron chi connectivity index (χ1n) is 7.80. The van der Waals surface area contributed by atoms with E-state index in [2.05, 4.69) is 15.4 Å². The first kappa shape index (κ1) is 18.2. The fraction of sp³-hybridized carbons (Fsp3) is 0.211. The van der Waals surface area contributed by atoms with Crippen LogP contribution in [0.3, 0.4) is 0 Å². The van der Waals surface area contributed by atoms with Gasteiger partial charge >= 0.3 is 17.8 Å². The van der Waals surface area contributed by atoms with Gasteiger partial charge in [0.25, 0.3) is 0 Å². The molecule has 2 amide bonds. The van der Waals surface area contributed by atoms with Crippen LogP contribution in [0.15, 0.2) is 54.6 Å². The molecule has 0 heterocycles. The Balaban J connectivity index is 2.09. The molecule has 2 N–H and O–H groups in total. The van der Waals surface area contributed by atoms with Gasteiger partial charge < -0.3 is 15.4 Å². The number of hydrogen-bond donors (Lipinski definition) is 2. The molecule has 0 bridgehead atoms. The molecule has 2 aromatic carbocycles. The lowest BCUT2D eigenvalue weighted by atomic mass is 10.0. The van der Waals surface area contributed by atoms with E-state index in [0.717, 1.165) is 5.56 Å². The minimum absolute atomic E-state index is 0.0656. The third kappa shape index (κ3) is 5.17. The Labute approximate surface area is 146 Å². The summed E-state index contributed by atoms with van der Waals surface area (Å²) in [5, 5.41) is 5.15. The molecule has 0 saturated carbocycles. The highest BCUT2D eigenvalue weighted by molar-refractivity contribution is 6.39. The van der Waals surface area contributed by atoms with Crippen molar-refractivity contribution >= 4 is 23.5 Å². The first-order chi connectivity index (χ1) is 12.0. The Morgan fingerprint density at radius 2 is 1.60 bits per heavy atom. The molecular formula is C19H20N2O4. The summed E-state index contributed by atoms with van der Waals surface area (Å²) >= 11 is 0. The van der Waals surface area contributed by atoms with Crippen molar-refractivity contribution in [3.05, 3.63) is 65.7 Å². The highest BCUT2D eigenvalue weighted by Crippen LogP contribution is 2.17. The second-order valence-electron chi connectivity index (χ2n) is 5.49. The van der Waals surface area contributed by atoms with Gasteiger partial charge in [0.15, 0.2) is 0 Å². The average molecular weight is 340 g/mol. The summed E-state index contributed by atoms with van der Waals surface area (Å²) in [7, 11) is 1.27. The molecular weight excluding hydrogens is 320 g/mol. The zero-order valence-electron chi connectivity index (χ0n) is 14.1. The van der Waals surface area contributed by atoms with Crippen LogP contribution in [0.2, 0.25) is 0 Å². The minimum Gasteiger partial charge on any atom is -0.469 e. The number of carbonyl (C=O) groups excluding carboxylic acids is 3. The Morgan fingerprint density at radius 1 is 0.960 bits per heavy atom. The van der Waals surface area contributed by atoms with Gasteiger partial charge in [-0.3, -0.25) is 14.4 Å². The van der Waals surface area contributed by atoms with Crippen molar-refractivity contribution in [2.24, 2.45) is 0 Å². The van der Waals surface area contributed by atoms with Crippen molar-refractivity contribution < 1.29 is 19.1 Å². The summed E-state index contributed by atoms with van der Waals surface area (Å²) in [6.45, 7) is 1.83. The van der Waals surface area contributed by atoms with Crippen LogP contribution < -0.4 is 10.6 Å². The number of para-hydroxylation sites is 1. The number of carbonyl (C=O) groups is 3. The van der Waals surface area contributed by atoms with Gasteiger partial charge in [0.1, 0.15) is 0 Å². The minimum atomic E-state index is -0.819. The summed E-state index contributed by atoms with van der Waals surface area (Å²) in [6, 6.07) is 15.5. The van der Waals surface area contributed by atoms with Crippen molar-refractivity contribution in [1.29, 1.82) is 0 Å². The van der Waals surface area contributed by atoms with Crippen LogP contribution in [0.25, 0.3) is 0 Å². The van der Waals surface area contributed by atoms with E-state index in [1.165, 1.54) is 7.11 Å². The topological polar surface area (TPSA) is 84.5 Å². The zero-order valence-corrected chi connectivity index (χ0v) is 14.1. The molecule has 130 valence electrons. The standard InChI is InChI=1S/C19H20N2O4/c1-13-8-6-7-11-15(13)20-18(23)19(24)21-16(12-17(22)25-2)14-9-4-3-5-10-14/h3-11,16H,12H2,1-2H3,(H,20,23)(H,21,24). The molecule has 0 spiro atoms. The van der Waals surface area contributed by atoms with Crippen LogP contribution in [0, 0.1) is 6.92 Å². The number of rotatable bonds is 5. The molecule has 1 unspecified atom stereocenters. The fourth-order valence-corrected chi connectivity index (χ4v) is 2.30. The lowest BCUT2D eigenvalue weighted by Gasteiger charge is -2.18. The molecule has 0 radical (unpaired) electrons. The van der Waals surface area contributed by atoms with Crippen molar-refractivity contribution in [1.82, 2.24) is 5.32 Å². The number of methoxy groups -OCH3 is 1. The Bertz CT molecular complexity index is 759. The zero-order chi connectivity index (χ0) is 18.2. The largest absolute Gasteiger partial charge is 0.469 e. The van der Waals surface area contributed by atoms with E-state index in [9.17, 15) is 14.4 Å². The molecule has 6 nitrogen and oxygen atoms in total. The van der Waals surface area contributed by atoms with E-state index < -0.39 is 23.8 Å². The first-order valence-corrected chi connectivity index (χ1v) is 7.80. The molecule has 0 saturated heterocycles. The van der Waals surface area contributed by atoms with Gasteiger partial charge in [0.05, 0.1) is 19.6 Å². The maximum Gasteiger partial charge on any atom is 0.313 e. The summed E-state index contributed by atoms with van der Waals surface area (Å²) in [6.07, 6.45) is -0.0656. The molecule has 1 atom stereocenters. The van der Waals surface area contributed by atoms with Crippen molar-refractivity contribution in [2.45, 2.75) is 19.4 Å². The van der Waals surface area contributed by atoms with Crippen LogP contribution in [0.4, 0.5) is 5.69 Å². The number of benzene rings is 2. The van der Waals surface area contributed by atoms with Crippen molar-refractivity contribution in [3.8, 4) is 0 Å². The fourth-order valence-electron chi connectivity index (χ4n) is 2.30. The van der Waals surface area contributed by atoms with Crippen molar-refractivity contribution in [2.75, 3.05) is 12.4 Å². The lowest BCUT2D eigenvalue weighted by molar-refractivity contribution is -0.142. The Hall–Kier alpha value is -3.15. The number of amides is 2. The summed E-state index contributed by atoms with van der Waals surface area (Å²) in [5.74, 6) is -2.09. The maximum absolute atomic E-state index is 12.2. The van der Waals surface area contributed by atoms with Gasteiger partial charge in [-0.05, 0) is 24.1 Å². The molecule has 6 heteroatoms. The number of esters is 1. The van der Waals surface area contributed by atoms with E-state index in [-0.39, 0.29) is 6.42 Å². The molecule has 2 aromatic rings. The van der Waals surface area contributed by atoms with E-state index in [1.54, 1.807) is 36.4 Å². The van der Waals surface area contributed by atoms with Gasteiger partial charge in [-0.15, -0.1) is 0 Å². The number of anilines is 1. The highest BCUT2D eigenvalue weighted by atomic mass is 16.5. The highest BCUT2D eigenvalue weighted by Gasteiger charge is 2.23. The number of aryl methyl sites for hydroxylation is 1. The summed E-state index contributed by atoms with van der Waals surface area (Å²) in [5.41, 5.74) is 2.12. The molecule has 0 aliphatic rings. The third-order valence-electron chi connectivity index (χ3n) is 3.71. The van der Waals surface area contributed by atoms with E-state index >= 15 is 0 Å². The maximum atomic E-state index is 12.2. The second-order valence-corrected chi connectivity index (χ2v) is 5.49. The van der Waals surface area contributed by atoms with Crippen molar-refractivity contribution in [3.63, 3.8) is 0 Å². The molecule has 0 fully saturated rings. The molecule has 0 aliphatic heterocycles. The predicted octanol–water partition coefficient (Wildman–Crippen LogP) is 2.35. The normalized spacial score (nSPS) is 11.3. The van der Waals surface area contributed by atoms with Crippen LogP contribution in [-0.2, 0) is 19.1 Å². The van der Waals surface area contributed by atoms with Gasteiger partial charge in [-0.1, -0.05) is 48.5 Å². The number of nitrogens with one attached hydrogen (secondary N) is 2. The van der Waals surface area contributed by atoms with Gasteiger partial charge in [-0.25, -0.2) is 0 Å². The molecule has 0 aliphatic carbocycles. The van der Waals surface area contributed by atoms with Crippen LogP contribution in [-0.4, -0.2) is 24.9 Å². The van der Waals surface area contributed by atoms with Crippen LogP contribution in [0.1, 0.15) is 23.6 Å². The van der Waals surface area contributed by atoms with E-state index in [4.69, 9.17) is 0 Å². The van der Waals surface area contributed by atoms with E-state index in [0.29, 0.717) is 11.3 Å². The molecule has 25 heavy (non-hydrogen) atoms. The van der Waals surface area contributed by atoms with E-state index in [1.807, 2.05) is 25.1 Å². The van der Waals surface area contributed by atoms with Crippen LogP contribution in [0.5, 0.6) is 0 Å². The average Bonchev–Trinajstić information content (AvgIpc) is 2.63. The Kier molecular flexibility index (Phi) is 6.28.